The van der Waals surface area contributed by atoms with Crippen LogP contribution in [-0.4, -0.2) is 128 Å². The quantitative estimate of drug-likeness (QED) is 0.0630. The fourth-order valence-corrected chi connectivity index (χ4v) is 5.14. The van der Waals surface area contributed by atoms with Gasteiger partial charge in [-0.1, -0.05) is 0 Å². The Hall–Kier alpha value is -7.72. The first-order chi connectivity index (χ1) is 26.3. The predicted octanol–water partition coefficient (Wildman–Crippen LogP) is 0.705. The van der Waals surface area contributed by atoms with Crippen LogP contribution in [0.25, 0.3) is 0 Å². The molecule has 5 atom stereocenters. The average molecular weight is 789 g/mol. The predicted molar refractivity (Wildman–Crippen MR) is 175 cm³/mol. The highest BCUT2D eigenvalue weighted by molar-refractivity contribution is 5.93. The molecule has 0 spiro atoms. The number of hydrogen-bond acceptors (Lipinski definition) is 22. The Kier molecular flexibility index (Phi) is 10.8. The second kappa shape index (κ2) is 15.3. The van der Waals surface area contributed by atoms with E-state index < -0.39 is 152 Å². The minimum atomic E-state index is -2.43. The molecule has 296 valence electrons. The summed E-state index contributed by atoms with van der Waals surface area (Å²) in [5.41, 5.74) is -2.68. The number of aliphatic hydroxyl groups is 1. The molecule has 4 aromatic carbocycles. The van der Waals surface area contributed by atoms with Gasteiger partial charge < -0.3 is 90.1 Å². The summed E-state index contributed by atoms with van der Waals surface area (Å²) < 4.78 is 26.8. The van der Waals surface area contributed by atoms with Crippen molar-refractivity contribution in [1.29, 1.82) is 0 Å². The van der Waals surface area contributed by atoms with E-state index in [-0.39, 0.29) is 0 Å². The van der Waals surface area contributed by atoms with E-state index in [0.717, 1.165) is 0 Å². The number of aliphatic hydroxyl groups excluding tert-OH is 1. The van der Waals surface area contributed by atoms with E-state index in [2.05, 4.69) is 0 Å². The molecule has 0 saturated carbocycles. The molecule has 56 heavy (non-hydrogen) atoms. The summed E-state index contributed by atoms with van der Waals surface area (Å²) in [6, 6.07) is 4.99. The molecule has 0 amide bonds. The van der Waals surface area contributed by atoms with Crippen molar-refractivity contribution in [2.45, 2.75) is 30.7 Å². The maximum Gasteiger partial charge on any atom is 0.339 e. The van der Waals surface area contributed by atoms with Gasteiger partial charge >= 0.3 is 23.9 Å². The normalized spacial score (nSPS) is 19.1. The number of aromatic hydroxyl groups is 12. The summed E-state index contributed by atoms with van der Waals surface area (Å²) in [6.07, 6.45) is -11.2. The van der Waals surface area contributed by atoms with Gasteiger partial charge in [-0.3, -0.25) is 0 Å². The number of phenols is 12. The number of ether oxygens (including phenoxy) is 5. The largest absolute Gasteiger partial charge is 0.504 e. The Morgan fingerprint density at radius 1 is 0.429 bits per heavy atom. The van der Waals surface area contributed by atoms with Crippen molar-refractivity contribution < 1.29 is 109 Å². The summed E-state index contributed by atoms with van der Waals surface area (Å²) >= 11 is 0. The average Bonchev–Trinajstić information content (AvgIpc) is 3.14. The van der Waals surface area contributed by atoms with Crippen LogP contribution in [0.3, 0.4) is 0 Å². The zero-order chi connectivity index (χ0) is 41.3. The summed E-state index contributed by atoms with van der Waals surface area (Å²) in [4.78, 5) is 53.1. The van der Waals surface area contributed by atoms with Gasteiger partial charge in [0, 0.05) is 0 Å². The van der Waals surface area contributed by atoms with Gasteiger partial charge in [0.05, 0.1) is 22.3 Å². The minimum Gasteiger partial charge on any atom is -0.504 e. The number of phenolic OH excluding ortho intramolecular Hbond substituents is 12. The van der Waals surface area contributed by atoms with Crippen molar-refractivity contribution in [2.24, 2.45) is 0 Å². The van der Waals surface area contributed by atoms with Crippen molar-refractivity contribution in [1.82, 2.24) is 0 Å². The first kappa shape index (κ1) is 39.5. The Morgan fingerprint density at radius 3 is 1.02 bits per heavy atom. The third-order valence-electron chi connectivity index (χ3n) is 7.94. The van der Waals surface area contributed by atoms with Crippen LogP contribution < -0.4 is 0 Å². The molecule has 0 radical (unpaired) electrons. The number of benzene rings is 4. The Balaban J connectivity index is 1.57. The molecular weight excluding hydrogens is 760 g/mol. The van der Waals surface area contributed by atoms with Gasteiger partial charge in [0.15, 0.2) is 93.6 Å². The Bertz CT molecular complexity index is 2140. The Labute approximate surface area is 310 Å². The molecule has 4 aromatic rings. The van der Waals surface area contributed by atoms with E-state index in [1.54, 1.807) is 0 Å². The second-order valence-corrected chi connectivity index (χ2v) is 11.7. The molecule has 1 unspecified atom stereocenters. The lowest BCUT2D eigenvalue weighted by Crippen LogP contribution is -2.62. The molecular formula is C34H28O22. The van der Waals surface area contributed by atoms with E-state index >= 15 is 0 Å². The summed E-state index contributed by atoms with van der Waals surface area (Å²) in [7, 11) is 0. The van der Waals surface area contributed by atoms with Gasteiger partial charge in [0.1, 0.15) is 12.7 Å². The van der Waals surface area contributed by atoms with E-state index in [9.17, 15) is 85.6 Å². The van der Waals surface area contributed by atoms with Crippen LogP contribution >= 0.6 is 0 Å². The van der Waals surface area contributed by atoms with Gasteiger partial charge in [-0.05, 0) is 48.5 Å². The molecule has 1 heterocycles. The highest BCUT2D eigenvalue weighted by atomic mass is 16.7. The van der Waals surface area contributed by atoms with E-state index in [4.69, 9.17) is 23.7 Å². The molecule has 5 rings (SSSR count). The monoisotopic (exact) mass is 788 g/mol. The van der Waals surface area contributed by atoms with Gasteiger partial charge in [-0.2, -0.15) is 0 Å². The lowest BCUT2D eigenvalue weighted by molar-refractivity contribution is -0.284. The summed E-state index contributed by atoms with van der Waals surface area (Å²) in [6.45, 7) is -1.09. The molecule has 22 nitrogen and oxygen atoms in total. The molecule has 1 aliphatic heterocycles. The van der Waals surface area contributed by atoms with Crippen molar-refractivity contribution in [2.75, 3.05) is 6.61 Å². The molecule has 1 fully saturated rings. The zero-order valence-electron chi connectivity index (χ0n) is 27.7. The molecule has 22 heteroatoms. The van der Waals surface area contributed by atoms with Crippen molar-refractivity contribution in [3.05, 3.63) is 70.8 Å². The molecule has 1 aliphatic rings. The van der Waals surface area contributed by atoms with E-state index in [1.807, 2.05) is 0 Å². The molecule has 1 saturated heterocycles. The van der Waals surface area contributed by atoms with Crippen LogP contribution in [0.5, 0.6) is 69.0 Å². The van der Waals surface area contributed by atoms with Crippen LogP contribution in [0, 0.1) is 0 Å². The standard InChI is InChI=1S/C34H28O22/c35-14-1-10(2-15(36)23(14)43)30(47)52-9-22-27(54-31(48)11-3-16(37)24(44)17(38)4-11)28(55-32(49)12-5-18(39)25(45)19(40)6-12)29(34(51)53-22)56-33(50)13-7-20(41)26(46)21(42)8-13/h1-8,22,27-29,34-46,51H,9H2/t22-,27-,28-,29-,34?/m1/s1. The molecule has 0 aliphatic carbocycles. The number of rotatable bonds is 9. The maximum atomic E-state index is 13.5. The highest BCUT2D eigenvalue weighted by Crippen LogP contribution is 2.40. The molecule has 13 N–H and O–H groups in total. The summed E-state index contributed by atoms with van der Waals surface area (Å²) in [5, 5.41) is 129. The van der Waals surface area contributed by atoms with Gasteiger partial charge in [-0.15, -0.1) is 0 Å². The maximum absolute atomic E-state index is 13.5. The van der Waals surface area contributed by atoms with E-state index in [0.29, 0.717) is 48.5 Å². The smallest absolute Gasteiger partial charge is 0.339 e. The van der Waals surface area contributed by atoms with Crippen LogP contribution in [0.4, 0.5) is 0 Å². The summed E-state index contributed by atoms with van der Waals surface area (Å²) in [5.74, 6) is -18.2. The lowest BCUT2D eigenvalue weighted by Gasteiger charge is -2.42. The third-order valence-corrected chi connectivity index (χ3v) is 7.94. The van der Waals surface area contributed by atoms with Gasteiger partial charge in [0.25, 0.3) is 0 Å². The number of carbonyl (C=O) groups excluding carboxylic acids is 4. The fourth-order valence-electron chi connectivity index (χ4n) is 5.14. The van der Waals surface area contributed by atoms with Gasteiger partial charge in [-0.25, -0.2) is 19.2 Å². The second-order valence-electron chi connectivity index (χ2n) is 11.7. The Morgan fingerprint density at radius 2 is 0.696 bits per heavy atom. The number of carbonyl (C=O) groups is 4. The van der Waals surface area contributed by atoms with E-state index in [1.165, 1.54) is 0 Å². The molecule has 0 bridgehead atoms. The first-order valence-corrected chi connectivity index (χ1v) is 15.4. The van der Waals surface area contributed by atoms with Crippen LogP contribution in [0.2, 0.25) is 0 Å². The van der Waals surface area contributed by atoms with Crippen LogP contribution in [-0.2, 0) is 23.7 Å². The van der Waals surface area contributed by atoms with Crippen LogP contribution in [0.1, 0.15) is 41.4 Å². The van der Waals surface area contributed by atoms with Crippen molar-refractivity contribution >= 4 is 23.9 Å². The van der Waals surface area contributed by atoms with Crippen LogP contribution in [0.15, 0.2) is 48.5 Å². The first-order valence-electron chi connectivity index (χ1n) is 15.4. The zero-order valence-corrected chi connectivity index (χ0v) is 27.7. The highest BCUT2D eigenvalue weighted by Gasteiger charge is 2.53. The SMILES string of the molecule is O=C(OC[C@H]1OC(O)[C@H](OC(=O)c2cc(O)c(O)c(O)c2)[C@H](OC(=O)c2cc(O)c(O)c(O)c2)[C@@H]1OC(=O)c1cc(O)c(O)c(O)c1)c1cc(O)c(O)c(O)c1. The number of esters is 4. The third kappa shape index (κ3) is 7.95. The van der Waals surface area contributed by atoms with Gasteiger partial charge in [0.2, 0.25) is 0 Å². The van der Waals surface area contributed by atoms with Crippen molar-refractivity contribution in [3.8, 4) is 69.0 Å². The molecule has 0 aromatic heterocycles. The minimum absolute atomic E-state index is 0.570. The fraction of sp³-hybridized carbons (Fsp3) is 0.176. The topological polar surface area (TPSA) is 377 Å². The lowest BCUT2D eigenvalue weighted by atomic mass is 9.97. The van der Waals surface area contributed by atoms with Crippen molar-refractivity contribution in [3.63, 3.8) is 0 Å². The number of hydrogen-bond donors (Lipinski definition) is 13.